The number of nitrogens with one attached hydrogen (secondary N) is 1. The maximum atomic E-state index is 11.9. The highest BCUT2D eigenvalue weighted by molar-refractivity contribution is 7.93. The standard InChI is InChI=1S/C11H16N4O2S/c1-4-10-12-11-9(6-5-7-15(11)13-10)14-18(16,17)8(2)3/h5-8,14H,4H2,1-3H3. The zero-order chi connectivity index (χ0) is 13.3. The smallest absolute Gasteiger partial charge is 0.235 e. The quantitative estimate of drug-likeness (QED) is 0.910. The van der Waals surface area contributed by atoms with Gasteiger partial charge in [0, 0.05) is 12.6 Å². The second kappa shape index (κ2) is 4.56. The number of nitrogens with zero attached hydrogens (tertiary/aromatic N) is 3. The van der Waals surface area contributed by atoms with Crippen molar-refractivity contribution >= 4 is 21.4 Å². The number of sulfonamides is 1. The molecule has 18 heavy (non-hydrogen) atoms. The summed E-state index contributed by atoms with van der Waals surface area (Å²) in [6.07, 6.45) is 2.45. The van der Waals surface area contributed by atoms with E-state index in [1.807, 2.05) is 6.92 Å². The van der Waals surface area contributed by atoms with Crippen LogP contribution in [-0.2, 0) is 16.4 Å². The lowest BCUT2D eigenvalue weighted by molar-refractivity contribution is 0.593. The number of fused-ring (bicyclic) bond motifs is 1. The van der Waals surface area contributed by atoms with Crippen LogP contribution in [0, 0.1) is 0 Å². The molecule has 7 heteroatoms. The summed E-state index contributed by atoms with van der Waals surface area (Å²) in [7, 11) is -3.37. The SMILES string of the molecule is CCc1nc2c(NS(=O)(=O)C(C)C)cccn2n1. The summed E-state index contributed by atoms with van der Waals surface area (Å²) in [5.74, 6) is 0.686. The Morgan fingerprint density at radius 3 is 2.78 bits per heavy atom. The molecule has 2 rings (SSSR count). The predicted octanol–water partition coefficient (Wildman–Crippen LogP) is 1.44. The molecule has 0 saturated carbocycles. The summed E-state index contributed by atoms with van der Waals surface area (Å²) in [6, 6.07) is 3.42. The molecule has 2 aromatic rings. The molecule has 0 aliphatic heterocycles. The van der Waals surface area contributed by atoms with Crippen molar-refractivity contribution in [3.8, 4) is 0 Å². The van der Waals surface area contributed by atoms with Gasteiger partial charge in [0.1, 0.15) is 0 Å². The number of aryl methyl sites for hydroxylation is 1. The largest absolute Gasteiger partial charge is 0.279 e. The second-order valence-corrected chi connectivity index (χ2v) is 6.50. The molecule has 0 radical (unpaired) electrons. The Hall–Kier alpha value is -1.63. The molecule has 0 atom stereocenters. The van der Waals surface area contributed by atoms with E-state index < -0.39 is 15.3 Å². The van der Waals surface area contributed by atoms with E-state index in [1.54, 1.807) is 36.7 Å². The van der Waals surface area contributed by atoms with Crippen LogP contribution < -0.4 is 4.72 Å². The fourth-order valence-electron chi connectivity index (χ4n) is 1.45. The lowest BCUT2D eigenvalue weighted by Crippen LogP contribution is -2.22. The first-order valence-corrected chi connectivity index (χ1v) is 7.34. The Morgan fingerprint density at radius 2 is 2.17 bits per heavy atom. The summed E-state index contributed by atoms with van der Waals surface area (Å²) < 4.78 is 27.8. The van der Waals surface area contributed by atoms with Crippen LogP contribution in [-0.4, -0.2) is 28.3 Å². The van der Waals surface area contributed by atoms with E-state index in [-0.39, 0.29) is 0 Å². The van der Waals surface area contributed by atoms with Crippen LogP contribution >= 0.6 is 0 Å². The van der Waals surface area contributed by atoms with E-state index in [1.165, 1.54) is 0 Å². The van der Waals surface area contributed by atoms with E-state index in [0.29, 0.717) is 23.6 Å². The molecule has 2 aromatic heterocycles. The summed E-state index contributed by atoms with van der Waals surface area (Å²) in [5.41, 5.74) is 0.983. The van der Waals surface area contributed by atoms with Gasteiger partial charge in [-0.1, -0.05) is 6.92 Å². The fraction of sp³-hybridized carbons (Fsp3) is 0.455. The topological polar surface area (TPSA) is 76.4 Å². The maximum Gasteiger partial charge on any atom is 0.235 e. The van der Waals surface area contributed by atoms with Crippen LogP contribution in [0.4, 0.5) is 5.69 Å². The molecule has 0 aliphatic carbocycles. The molecule has 98 valence electrons. The summed E-state index contributed by atoms with van der Waals surface area (Å²) in [4.78, 5) is 4.30. The molecule has 0 amide bonds. The number of pyridine rings is 1. The van der Waals surface area contributed by atoms with Crippen molar-refractivity contribution in [2.45, 2.75) is 32.4 Å². The minimum absolute atomic E-state index is 0.457. The number of aromatic nitrogens is 3. The van der Waals surface area contributed by atoms with Crippen molar-refractivity contribution in [1.82, 2.24) is 14.6 Å². The normalized spacial score (nSPS) is 12.2. The summed E-state index contributed by atoms with van der Waals surface area (Å²) in [5, 5.41) is 3.74. The molecule has 2 heterocycles. The molecule has 0 aliphatic rings. The fourth-order valence-corrected chi connectivity index (χ4v) is 2.15. The zero-order valence-corrected chi connectivity index (χ0v) is 11.4. The first-order chi connectivity index (χ1) is 8.44. The lowest BCUT2D eigenvalue weighted by atomic mass is 10.4. The highest BCUT2D eigenvalue weighted by Gasteiger charge is 2.18. The third-order valence-electron chi connectivity index (χ3n) is 2.60. The van der Waals surface area contributed by atoms with Crippen molar-refractivity contribution in [3.05, 3.63) is 24.2 Å². The van der Waals surface area contributed by atoms with Crippen LogP contribution in [0.5, 0.6) is 0 Å². The van der Waals surface area contributed by atoms with Gasteiger partial charge in [0.15, 0.2) is 11.5 Å². The first kappa shape index (κ1) is 12.8. The van der Waals surface area contributed by atoms with Gasteiger partial charge in [-0.3, -0.25) is 4.72 Å². The van der Waals surface area contributed by atoms with Crippen molar-refractivity contribution in [2.75, 3.05) is 4.72 Å². The van der Waals surface area contributed by atoms with E-state index in [9.17, 15) is 8.42 Å². The maximum absolute atomic E-state index is 11.9. The minimum Gasteiger partial charge on any atom is -0.279 e. The lowest BCUT2D eigenvalue weighted by Gasteiger charge is -2.10. The molecule has 0 fully saturated rings. The number of hydrogen-bond acceptors (Lipinski definition) is 4. The van der Waals surface area contributed by atoms with Gasteiger partial charge < -0.3 is 0 Å². The van der Waals surface area contributed by atoms with Crippen LogP contribution in [0.2, 0.25) is 0 Å². The second-order valence-electron chi connectivity index (χ2n) is 4.27. The summed E-state index contributed by atoms with van der Waals surface area (Å²) >= 11 is 0. The highest BCUT2D eigenvalue weighted by Crippen LogP contribution is 2.17. The van der Waals surface area contributed by atoms with Gasteiger partial charge in [0.25, 0.3) is 0 Å². The van der Waals surface area contributed by atoms with Gasteiger partial charge in [0.05, 0.1) is 10.9 Å². The van der Waals surface area contributed by atoms with E-state index >= 15 is 0 Å². The van der Waals surface area contributed by atoms with Crippen molar-refractivity contribution < 1.29 is 8.42 Å². The van der Waals surface area contributed by atoms with Gasteiger partial charge in [0.2, 0.25) is 10.0 Å². The Labute approximate surface area is 106 Å². The van der Waals surface area contributed by atoms with Gasteiger partial charge >= 0.3 is 0 Å². The van der Waals surface area contributed by atoms with Gasteiger partial charge in [-0.25, -0.2) is 17.9 Å². The van der Waals surface area contributed by atoms with Crippen LogP contribution in [0.25, 0.3) is 5.65 Å². The van der Waals surface area contributed by atoms with Crippen LogP contribution in [0.1, 0.15) is 26.6 Å². The molecular formula is C11H16N4O2S. The van der Waals surface area contributed by atoms with Gasteiger partial charge in [-0.15, -0.1) is 0 Å². The van der Waals surface area contributed by atoms with Crippen molar-refractivity contribution in [2.24, 2.45) is 0 Å². The molecule has 0 aromatic carbocycles. The van der Waals surface area contributed by atoms with Crippen LogP contribution in [0.15, 0.2) is 18.3 Å². The summed E-state index contributed by atoms with van der Waals surface area (Å²) in [6.45, 7) is 5.21. The third-order valence-corrected chi connectivity index (χ3v) is 4.34. The van der Waals surface area contributed by atoms with Crippen molar-refractivity contribution in [3.63, 3.8) is 0 Å². The molecule has 0 bridgehead atoms. The number of anilines is 1. The highest BCUT2D eigenvalue weighted by atomic mass is 32.2. The molecule has 0 saturated heterocycles. The monoisotopic (exact) mass is 268 g/mol. The number of rotatable bonds is 4. The molecule has 6 nitrogen and oxygen atoms in total. The average Bonchev–Trinajstić information content (AvgIpc) is 2.72. The molecule has 1 N–H and O–H groups in total. The third kappa shape index (κ3) is 2.31. The van der Waals surface area contributed by atoms with Gasteiger partial charge in [-0.05, 0) is 26.0 Å². The molecule has 0 spiro atoms. The average molecular weight is 268 g/mol. The van der Waals surface area contributed by atoms with E-state index in [2.05, 4.69) is 14.8 Å². The Bertz CT molecular complexity index is 661. The molecule has 0 unspecified atom stereocenters. The molecular weight excluding hydrogens is 252 g/mol. The first-order valence-electron chi connectivity index (χ1n) is 5.80. The van der Waals surface area contributed by atoms with Crippen LogP contribution in [0.3, 0.4) is 0 Å². The minimum atomic E-state index is -3.37. The van der Waals surface area contributed by atoms with Crippen molar-refractivity contribution in [1.29, 1.82) is 0 Å². The predicted molar refractivity (Wildman–Crippen MR) is 70.0 cm³/mol. The van der Waals surface area contributed by atoms with Gasteiger partial charge in [-0.2, -0.15) is 5.10 Å². The Morgan fingerprint density at radius 1 is 1.44 bits per heavy atom. The number of hydrogen-bond donors (Lipinski definition) is 1. The zero-order valence-electron chi connectivity index (χ0n) is 10.6. The Kier molecular flexibility index (Phi) is 3.25. The Balaban J connectivity index is 2.48. The van der Waals surface area contributed by atoms with E-state index in [4.69, 9.17) is 0 Å². The van der Waals surface area contributed by atoms with E-state index in [0.717, 1.165) is 0 Å².